The Labute approximate surface area is 177 Å². The SMILES string of the molecule is CN(C)c1ccnc(-c2cnc3c(c2)C(c2oncc2-c2cccc(F)c2F)CN3)c1. The molecular formula is C23H19F2N5O. The molecule has 0 amide bonds. The Morgan fingerprint density at radius 3 is 2.77 bits per heavy atom. The first-order chi connectivity index (χ1) is 15.0. The van der Waals surface area contributed by atoms with E-state index in [1.807, 2.05) is 37.2 Å². The van der Waals surface area contributed by atoms with E-state index in [-0.39, 0.29) is 11.5 Å². The van der Waals surface area contributed by atoms with Crippen LogP contribution in [0.2, 0.25) is 0 Å². The molecule has 156 valence electrons. The van der Waals surface area contributed by atoms with Crippen molar-refractivity contribution in [2.45, 2.75) is 5.92 Å². The minimum absolute atomic E-state index is 0.120. The first-order valence-corrected chi connectivity index (χ1v) is 9.79. The predicted molar refractivity (Wildman–Crippen MR) is 114 cm³/mol. The van der Waals surface area contributed by atoms with Crippen molar-refractivity contribution in [1.29, 1.82) is 0 Å². The second kappa shape index (κ2) is 7.46. The molecule has 0 radical (unpaired) electrons. The van der Waals surface area contributed by atoms with Crippen LogP contribution in [0.15, 0.2) is 59.5 Å². The molecule has 6 nitrogen and oxygen atoms in total. The number of halogens is 2. The summed E-state index contributed by atoms with van der Waals surface area (Å²) in [5, 5.41) is 7.12. The monoisotopic (exact) mass is 419 g/mol. The van der Waals surface area contributed by atoms with Crippen molar-refractivity contribution < 1.29 is 13.3 Å². The molecule has 31 heavy (non-hydrogen) atoms. The van der Waals surface area contributed by atoms with Crippen molar-refractivity contribution in [1.82, 2.24) is 15.1 Å². The van der Waals surface area contributed by atoms with Gasteiger partial charge in [-0.3, -0.25) is 4.98 Å². The normalized spacial score (nSPS) is 14.9. The summed E-state index contributed by atoms with van der Waals surface area (Å²) in [5.74, 6) is -0.899. The minimum atomic E-state index is -0.922. The van der Waals surface area contributed by atoms with Gasteiger partial charge in [0.1, 0.15) is 5.82 Å². The van der Waals surface area contributed by atoms with E-state index >= 15 is 0 Å². The highest BCUT2D eigenvalue weighted by Gasteiger charge is 2.32. The van der Waals surface area contributed by atoms with E-state index in [0.29, 0.717) is 17.9 Å². The van der Waals surface area contributed by atoms with Gasteiger partial charge in [-0.2, -0.15) is 0 Å². The standard InChI is InChI=1S/C23H19F2N5O/c1-30(2)14-6-7-26-20(9-14)13-8-16-17(11-28-23(16)27-10-13)22-18(12-29-31-22)15-4-3-5-19(24)21(15)25/h3-10,12,17H,11H2,1-2H3,(H,27,28). The number of nitrogens with one attached hydrogen (secondary N) is 1. The Morgan fingerprint density at radius 1 is 1.06 bits per heavy atom. The average Bonchev–Trinajstić information content (AvgIpc) is 3.42. The van der Waals surface area contributed by atoms with E-state index in [1.54, 1.807) is 12.4 Å². The number of benzene rings is 1. The highest BCUT2D eigenvalue weighted by molar-refractivity contribution is 5.72. The summed E-state index contributed by atoms with van der Waals surface area (Å²) in [6.07, 6.45) is 4.95. The molecule has 5 rings (SSSR count). The first kappa shape index (κ1) is 19.2. The van der Waals surface area contributed by atoms with Crippen LogP contribution in [0.3, 0.4) is 0 Å². The smallest absolute Gasteiger partial charge is 0.166 e. The first-order valence-electron chi connectivity index (χ1n) is 9.79. The van der Waals surface area contributed by atoms with Crippen LogP contribution in [-0.2, 0) is 0 Å². The fourth-order valence-corrected chi connectivity index (χ4v) is 3.85. The molecule has 0 bridgehead atoms. The molecule has 0 fully saturated rings. The fraction of sp³-hybridized carbons (Fsp3) is 0.174. The number of rotatable bonds is 4. The summed E-state index contributed by atoms with van der Waals surface area (Å²) in [6, 6.07) is 10.00. The van der Waals surface area contributed by atoms with Crippen LogP contribution >= 0.6 is 0 Å². The van der Waals surface area contributed by atoms with Gasteiger partial charge in [-0.15, -0.1) is 0 Å². The number of anilines is 2. The predicted octanol–water partition coefficient (Wildman–Crippen LogP) is 4.70. The maximum atomic E-state index is 14.4. The van der Waals surface area contributed by atoms with Crippen molar-refractivity contribution in [3.63, 3.8) is 0 Å². The molecule has 1 aliphatic rings. The van der Waals surface area contributed by atoms with Gasteiger partial charge in [0.15, 0.2) is 17.4 Å². The quantitative estimate of drug-likeness (QED) is 0.517. The van der Waals surface area contributed by atoms with Gasteiger partial charge in [-0.25, -0.2) is 13.8 Å². The number of hydrogen-bond donors (Lipinski definition) is 1. The summed E-state index contributed by atoms with van der Waals surface area (Å²) < 4.78 is 33.7. The van der Waals surface area contributed by atoms with E-state index in [9.17, 15) is 8.78 Å². The van der Waals surface area contributed by atoms with Crippen LogP contribution in [0.25, 0.3) is 22.4 Å². The Balaban J connectivity index is 1.57. The average molecular weight is 419 g/mol. The zero-order valence-electron chi connectivity index (χ0n) is 16.9. The minimum Gasteiger partial charge on any atom is -0.378 e. The van der Waals surface area contributed by atoms with Crippen LogP contribution in [0.5, 0.6) is 0 Å². The Hall–Kier alpha value is -3.81. The van der Waals surface area contributed by atoms with Gasteiger partial charge in [0, 0.05) is 61.0 Å². The number of hydrogen-bond acceptors (Lipinski definition) is 6. The molecule has 1 aromatic carbocycles. The zero-order valence-corrected chi connectivity index (χ0v) is 16.9. The van der Waals surface area contributed by atoms with Gasteiger partial charge < -0.3 is 14.7 Å². The second-order valence-electron chi connectivity index (χ2n) is 7.59. The lowest BCUT2D eigenvalue weighted by atomic mass is 9.93. The number of fused-ring (bicyclic) bond motifs is 1. The second-order valence-corrected chi connectivity index (χ2v) is 7.59. The summed E-state index contributed by atoms with van der Waals surface area (Å²) in [7, 11) is 3.94. The van der Waals surface area contributed by atoms with Crippen LogP contribution in [0.4, 0.5) is 20.3 Å². The molecule has 0 saturated carbocycles. The molecule has 1 N–H and O–H groups in total. The van der Waals surface area contributed by atoms with Crippen LogP contribution in [0, 0.1) is 11.6 Å². The van der Waals surface area contributed by atoms with Gasteiger partial charge in [-0.1, -0.05) is 17.3 Å². The molecule has 1 atom stereocenters. The highest BCUT2D eigenvalue weighted by Crippen LogP contribution is 2.41. The van der Waals surface area contributed by atoms with E-state index in [4.69, 9.17) is 4.52 Å². The van der Waals surface area contributed by atoms with Crippen LogP contribution in [-0.4, -0.2) is 35.8 Å². The van der Waals surface area contributed by atoms with Crippen molar-refractivity contribution in [2.24, 2.45) is 0 Å². The molecule has 0 saturated heterocycles. The number of nitrogens with zero attached hydrogens (tertiary/aromatic N) is 4. The summed E-state index contributed by atoms with van der Waals surface area (Å²) in [6.45, 7) is 0.510. The number of aromatic nitrogens is 3. The third-order valence-electron chi connectivity index (χ3n) is 5.48. The summed E-state index contributed by atoms with van der Waals surface area (Å²) in [4.78, 5) is 11.0. The lowest BCUT2D eigenvalue weighted by molar-refractivity contribution is 0.376. The fourth-order valence-electron chi connectivity index (χ4n) is 3.85. The topological polar surface area (TPSA) is 67.1 Å². The van der Waals surface area contributed by atoms with E-state index in [2.05, 4.69) is 20.4 Å². The lowest BCUT2D eigenvalue weighted by Gasteiger charge is -2.14. The Bertz CT molecular complexity index is 1270. The van der Waals surface area contributed by atoms with Gasteiger partial charge in [0.2, 0.25) is 0 Å². The van der Waals surface area contributed by atoms with Gasteiger partial charge >= 0.3 is 0 Å². The Kier molecular flexibility index (Phi) is 4.62. The molecule has 3 aromatic heterocycles. The van der Waals surface area contributed by atoms with Crippen LogP contribution < -0.4 is 10.2 Å². The molecule has 1 unspecified atom stereocenters. The molecule has 0 spiro atoms. The third kappa shape index (κ3) is 3.30. The van der Waals surface area contributed by atoms with Crippen molar-refractivity contribution >= 4 is 11.5 Å². The largest absolute Gasteiger partial charge is 0.378 e. The molecule has 4 heterocycles. The van der Waals surface area contributed by atoms with E-state index < -0.39 is 11.6 Å². The highest BCUT2D eigenvalue weighted by atomic mass is 19.2. The van der Waals surface area contributed by atoms with Crippen molar-refractivity contribution in [2.75, 3.05) is 30.9 Å². The van der Waals surface area contributed by atoms with E-state index in [0.717, 1.165) is 34.4 Å². The third-order valence-corrected chi connectivity index (χ3v) is 5.48. The number of pyridine rings is 2. The summed E-state index contributed by atoms with van der Waals surface area (Å²) >= 11 is 0. The maximum absolute atomic E-state index is 14.4. The van der Waals surface area contributed by atoms with Gasteiger partial charge in [-0.05, 0) is 24.3 Å². The zero-order chi connectivity index (χ0) is 21.5. The molecular weight excluding hydrogens is 400 g/mol. The van der Waals surface area contributed by atoms with Crippen molar-refractivity contribution in [3.05, 3.63) is 77.9 Å². The molecule has 0 aliphatic carbocycles. The maximum Gasteiger partial charge on any atom is 0.166 e. The van der Waals surface area contributed by atoms with Gasteiger partial charge in [0.25, 0.3) is 0 Å². The molecule has 4 aromatic rings. The lowest BCUT2D eigenvalue weighted by Crippen LogP contribution is -2.08. The van der Waals surface area contributed by atoms with Crippen molar-refractivity contribution in [3.8, 4) is 22.4 Å². The van der Waals surface area contributed by atoms with Gasteiger partial charge in [0.05, 0.1) is 17.8 Å². The Morgan fingerprint density at radius 2 is 1.94 bits per heavy atom. The van der Waals surface area contributed by atoms with Crippen LogP contribution in [0.1, 0.15) is 17.2 Å². The molecule has 1 aliphatic heterocycles. The van der Waals surface area contributed by atoms with E-state index in [1.165, 1.54) is 18.3 Å². The molecule has 8 heteroatoms. The summed E-state index contributed by atoms with van der Waals surface area (Å²) in [5.41, 5.74) is 4.11.